The van der Waals surface area contributed by atoms with Crippen LogP contribution in [-0.2, 0) is 4.84 Å². The molecule has 0 saturated heterocycles. The monoisotopic (exact) mass is 384 g/mol. The molecule has 1 heterocycles. The zero-order valence-corrected chi connectivity index (χ0v) is 16.2. The molecule has 0 spiro atoms. The minimum atomic E-state index is -0.482. The summed E-state index contributed by atoms with van der Waals surface area (Å²) in [4.78, 5) is 22.6. The van der Waals surface area contributed by atoms with Crippen molar-refractivity contribution in [2.75, 3.05) is 0 Å². The lowest BCUT2D eigenvalue weighted by Gasteiger charge is -2.00. The number of carbonyl (C=O) groups excluding carboxylic acids is 1. The predicted octanol–water partition coefficient (Wildman–Crippen LogP) is 5.66. The first kappa shape index (κ1) is 18.3. The van der Waals surface area contributed by atoms with Crippen molar-refractivity contribution in [2.24, 2.45) is 5.16 Å². The Labute approximate surface area is 161 Å². The Morgan fingerprint density at radius 2 is 1.73 bits per heavy atom. The van der Waals surface area contributed by atoms with Crippen LogP contribution in [0.15, 0.2) is 53.7 Å². The topological polar surface area (TPSA) is 51.5 Å². The number of aryl methyl sites for hydroxylation is 2. The van der Waals surface area contributed by atoms with Crippen molar-refractivity contribution in [3.63, 3.8) is 0 Å². The molecule has 0 unspecified atom stereocenters. The highest BCUT2D eigenvalue weighted by molar-refractivity contribution is 7.17. The Kier molecular flexibility index (Phi) is 5.49. The van der Waals surface area contributed by atoms with E-state index in [1.807, 2.05) is 50.2 Å². The number of hydrogen-bond acceptors (Lipinski definition) is 5. The van der Waals surface area contributed by atoms with Crippen molar-refractivity contribution in [2.45, 2.75) is 20.8 Å². The van der Waals surface area contributed by atoms with Gasteiger partial charge in [-0.1, -0.05) is 46.6 Å². The molecule has 0 aliphatic rings. The van der Waals surface area contributed by atoms with Crippen LogP contribution in [-0.4, -0.2) is 16.7 Å². The van der Waals surface area contributed by atoms with Gasteiger partial charge in [0.15, 0.2) is 0 Å². The zero-order chi connectivity index (χ0) is 18.7. The number of rotatable bonds is 4. The number of aromatic nitrogens is 1. The molecule has 1 aromatic heterocycles. The van der Waals surface area contributed by atoms with Crippen molar-refractivity contribution in [3.8, 4) is 10.6 Å². The van der Waals surface area contributed by atoms with Crippen LogP contribution >= 0.6 is 22.9 Å². The van der Waals surface area contributed by atoms with Gasteiger partial charge in [0.25, 0.3) is 0 Å². The molecule has 0 radical (unpaired) electrons. The maximum atomic E-state index is 12.1. The maximum absolute atomic E-state index is 12.1. The van der Waals surface area contributed by atoms with Crippen LogP contribution in [0.2, 0.25) is 5.02 Å². The zero-order valence-electron chi connectivity index (χ0n) is 14.6. The quantitative estimate of drug-likeness (QED) is 0.331. The van der Waals surface area contributed by atoms with Crippen LogP contribution in [0.1, 0.15) is 33.4 Å². The largest absolute Gasteiger partial charge is 0.365 e. The fourth-order valence-electron chi connectivity index (χ4n) is 2.34. The molecule has 0 N–H and O–H groups in total. The summed E-state index contributed by atoms with van der Waals surface area (Å²) in [7, 11) is 0. The Morgan fingerprint density at radius 3 is 2.38 bits per heavy atom. The molecular formula is C20H17ClN2O2S. The average Bonchev–Trinajstić information content (AvgIpc) is 3.02. The van der Waals surface area contributed by atoms with E-state index in [1.54, 1.807) is 19.1 Å². The number of benzene rings is 2. The average molecular weight is 385 g/mol. The van der Waals surface area contributed by atoms with Gasteiger partial charge in [-0.3, -0.25) is 0 Å². The van der Waals surface area contributed by atoms with Crippen molar-refractivity contribution in [1.82, 2.24) is 4.98 Å². The molecule has 0 atom stereocenters. The van der Waals surface area contributed by atoms with E-state index in [0.29, 0.717) is 16.3 Å². The number of thiazole rings is 1. The lowest BCUT2D eigenvalue weighted by molar-refractivity contribution is 0.0516. The van der Waals surface area contributed by atoms with Crippen molar-refractivity contribution >= 4 is 34.6 Å². The molecule has 2 aromatic carbocycles. The van der Waals surface area contributed by atoms with Crippen LogP contribution in [0.5, 0.6) is 0 Å². The third-order valence-corrected chi connectivity index (χ3v) is 5.34. The fourth-order valence-corrected chi connectivity index (χ4v) is 3.48. The highest BCUT2D eigenvalue weighted by Gasteiger charge is 2.13. The number of nitrogens with zero attached hydrogens (tertiary/aromatic N) is 2. The summed E-state index contributed by atoms with van der Waals surface area (Å²) in [6, 6.07) is 14.7. The maximum Gasteiger partial charge on any atom is 0.365 e. The van der Waals surface area contributed by atoms with Gasteiger partial charge in [-0.2, -0.15) is 0 Å². The Hall–Kier alpha value is -2.50. The number of oxime groups is 1. The van der Waals surface area contributed by atoms with Gasteiger partial charge in [0.05, 0.1) is 21.8 Å². The first-order chi connectivity index (χ1) is 12.4. The van der Waals surface area contributed by atoms with Gasteiger partial charge in [-0.25, -0.2) is 9.78 Å². The molecule has 0 amide bonds. The van der Waals surface area contributed by atoms with E-state index in [2.05, 4.69) is 10.1 Å². The molecule has 6 heteroatoms. The van der Waals surface area contributed by atoms with Gasteiger partial charge in [0, 0.05) is 10.6 Å². The SMILES string of the molecule is C/C(=N/OC(=O)c1ccc(C)cc1)c1sc(-c2ccc(Cl)cc2)nc1C. The Bertz CT molecular complexity index is 960. The summed E-state index contributed by atoms with van der Waals surface area (Å²) in [5.41, 5.74) is 3.98. The summed E-state index contributed by atoms with van der Waals surface area (Å²) in [6.07, 6.45) is 0. The number of carbonyl (C=O) groups is 1. The molecule has 4 nitrogen and oxygen atoms in total. The second-order valence-electron chi connectivity index (χ2n) is 5.86. The standard InChI is InChI=1S/C20H17ClN2O2S/c1-12-4-6-16(7-5-12)20(24)25-23-14(3)18-13(2)22-19(26-18)15-8-10-17(21)11-9-15/h4-11H,1-3H3/b23-14-. The smallest absolute Gasteiger partial charge is 0.313 e. The molecule has 132 valence electrons. The summed E-state index contributed by atoms with van der Waals surface area (Å²) >= 11 is 7.43. The molecule has 0 fully saturated rings. The summed E-state index contributed by atoms with van der Waals surface area (Å²) < 4.78 is 0. The van der Waals surface area contributed by atoms with Gasteiger partial charge in [0.2, 0.25) is 0 Å². The lowest BCUT2D eigenvalue weighted by Crippen LogP contribution is -2.03. The first-order valence-corrected chi connectivity index (χ1v) is 9.20. The van der Waals surface area contributed by atoms with Crippen LogP contribution < -0.4 is 0 Å². The van der Waals surface area contributed by atoms with Gasteiger partial charge >= 0.3 is 5.97 Å². The van der Waals surface area contributed by atoms with Crippen LogP contribution in [0.4, 0.5) is 0 Å². The van der Waals surface area contributed by atoms with Gasteiger partial charge in [0.1, 0.15) is 5.01 Å². The molecule has 3 rings (SSSR count). The van der Waals surface area contributed by atoms with E-state index in [-0.39, 0.29) is 0 Å². The minimum Gasteiger partial charge on any atom is -0.313 e. The molecular weight excluding hydrogens is 368 g/mol. The summed E-state index contributed by atoms with van der Waals surface area (Å²) in [5, 5.41) is 5.54. The highest BCUT2D eigenvalue weighted by Crippen LogP contribution is 2.29. The Balaban J connectivity index is 1.77. The summed E-state index contributed by atoms with van der Waals surface area (Å²) in [5.74, 6) is -0.482. The fraction of sp³-hybridized carbons (Fsp3) is 0.150. The molecule has 26 heavy (non-hydrogen) atoms. The van der Waals surface area contributed by atoms with E-state index in [9.17, 15) is 4.79 Å². The highest BCUT2D eigenvalue weighted by atomic mass is 35.5. The normalized spacial score (nSPS) is 11.5. The van der Waals surface area contributed by atoms with Crippen LogP contribution in [0, 0.1) is 13.8 Å². The summed E-state index contributed by atoms with van der Waals surface area (Å²) in [6.45, 7) is 5.67. The third-order valence-electron chi connectivity index (χ3n) is 3.77. The van der Waals surface area contributed by atoms with Crippen molar-refractivity contribution in [3.05, 3.63) is 75.3 Å². The minimum absolute atomic E-state index is 0.468. The van der Waals surface area contributed by atoms with Gasteiger partial charge in [-0.15, -0.1) is 11.3 Å². The van der Waals surface area contributed by atoms with E-state index in [0.717, 1.165) is 26.7 Å². The van der Waals surface area contributed by atoms with Crippen molar-refractivity contribution < 1.29 is 9.63 Å². The second kappa shape index (κ2) is 7.81. The van der Waals surface area contributed by atoms with E-state index in [1.165, 1.54) is 11.3 Å². The Morgan fingerprint density at radius 1 is 1.08 bits per heavy atom. The lowest BCUT2D eigenvalue weighted by atomic mass is 10.2. The second-order valence-corrected chi connectivity index (χ2v) is 7.30. The third kappa shape index (κ3) is 4.18. The van der Waals surface area contributed by atoms with E-state index < -0.39 is 5.97 Å². The molecule has 3 aromatic rings. The first-order valence-electron chi connectivity index (χ1n) is 8.00. The van der Waals surface area contributed by atoms with E-state index >= 15 is 0 Å². The predicted molar refractivity (Wildman–Crippen MR) is 106 cm³/mol. The molecule has 0 aliphatic heterocycles. The van der Waals surface area contributed by atoms with Crippen molar-refractivity contribution in [1.29, 1.82) is 0 Å². The number of hydrogen-bond donors (Lipinski definition) is 0. The van der Waals surface area contributed by atoms with Crippen LogP contribution in [0.25, 0.3) is 10.6 Å². The molecule has 0 aliphatic carbocycles. The van der Waals surface area contributed by atoms with Crippen LogP contribution in [0.3, 0.4) is 0 Å². The molecule has 0 saturated carbocycles. The number of halogens is 1. The van der Waals surface area contributed by atoms with Gasteiger partial charge in [-0.05, 0) is 45.0 Å². The molecule has 0 bridgehead atoms. The van der Waals surface area contributed by atoms with E-state index in [4.69, 9.17) is 16.4 Å². The van der Waals surface area contributed by atoms with Gasteiger partial charge < -0.3 is 4.84 Å².